The van der Waals surface area contributed by atoms with Crippen LogP contribution in [0.4, 0.5) is 4.39 Å². The molecule has 0 fully saturated rings. The number of rotatable bonds is 3. The summed E-state index contributed by atoms with van der Waals surface area (Å²) >= 11 is 5.31. The van der Waals surface area contributed by atoms with E-state index in [9.17, 15) is 4.39 Å². The van der Waals surface area contributed by atoms with Gasteiger partial charge in [0.2, 0.25) is 0 Å². The molecule has 0 aromatic heterocycles. The molecule has 0 saturated carbocycles. The number of nitrogens with one attached hydrogen (secondary N) is 1. The van der Waals surface area contributed by atoms with E-state index in [-0.39, 0.29) is 5.82 Å². The second-order valence-electron chi connectivity index (χ2n) is 2.60. The maximum absolute atomic E-state index is 13.5. The Bertz CT molecular complexity index is 304. The number of hydrogen-bond donors (Lipinski definition) is 1. The van der Waals surface area contributed by atoms with Gasteiger partial charge in [0, 0.05) is 15.7 Å². The van der Waals surface area contributed by atoms with Crippen molar-refractivity contribution in [1.82, 2.24) is 5.32 Å². The first-order valence-corrected chi connectivity index (χ1v) is 5.87. The van der Waals surface area contributed by atoms with Gasteiger partial charge in [-0.2, -0.15) is 0 Å². The highest BCUT2D eigenvalue weighted by atomic mass is 127. The van der Waals surface area contributed by atoms with E-state index in [0.717, 1.165) is 15.7 Å². The van der Waals surface area contributed by atoms with Crippen molar-refractivity contribution in [3.8, 4) is 0 Å². The second kappa shape index (κ2) is 5.26. The first-order chi connectivity index (χ1) is 6.16. The lowest BCUT2D eigenvalue weighted by atomic mass is 10.2. The van der Waals surface area contributed by atoms with Crippen LogP contribution in [0.3, 0.4) is 0 Å². The van der Waals surface area contributed by atoms with Crippen LogP contribution in [0.15, 0.2) is 16.6 Å². The summed E-state index contributed by atoms with van der Waals surface area (Å²) in [4.78, 5) is 0. The second-order valence-corrected chi connectivity index (χ2v) is 4.62. The molecule has 0 saturated heterocycles. The van der Waals surface area contributed by atoms with E-state index in [1.54, 1.807) is 6.07 Å². The molecule has 0 atom stereocenters. The summed E-state index contributed by atoms with van der Waals surface area (Å²) in [6.07, 6.45) is 0. The first-order valence-electron chi connectivity index (χ1n) is 4.00. The first kappa shape index (κ1) is 11.4. The van der Waals surface area contributed by atoms with Crippen LogP contribution < -0.4 is 5.32 Å². The van der Waals surface area contributed by atoms with Crippen LogP contribution in [0.25, 0.3) is 0 Å². The van der Waals surface area contributed by atoms with Crippen molar-refractivity contribution in [3.63, 3.8) is 0 Å². The van der Waals surface area contributed by atoms with Crippen molar-refractivity contribution in [3.05, 3.63) is 31.6 Å². The maximum atomic E-state index is 13.5. The lowest BCUT2D eigenvalue weighted by molar-refractivity contribution is 0.585. The van der Waals surface area contributed by atoms with Gasteiger partial charge >= 0.3 is 0 Å². The highest BCUT2D eigenvalue weighted by Crippen LogP contribution is 2.23. The third-order valence-electron chi connectivity index (χ3n) is 1.69. The molecule has 0 aliphatic carbocycles. The number of halogens is 3. The molecule has 1 aromatic rings. The predicted octanol–water partition coefficient (Wildman–Crippen LogP) is 3.30. The van der Waals surface area contributed by atoms with Crippen LogP contribution in [0.5, 0.6) is 0 Å². The van der Waals surface area contributed by atoms with Crippen molar-refractivity contribution < 1.29 is 4.39 Å². The topological polar surface area (TPSA) is 12.0 Å². The van der Waals surface area contributed by atoms with E-state index < -0.39 is 0 Å². The molecule has 1 nitrogen and oxygen atoms in total. The molecule has 72 valence electrons. The van der Waals surface area contributed by atoms with Gasteiger partial charge in [0.15, 0.2) is 0 Å². The van der Waals surface area contributed by atoms with Crippen LogP contribution in [-0.4, -0.2) is 6.54 Å². The molecule has 0 aliphatic rings. The van der Waals surface area contributed by atoms with Gasteiger partial charge < -0.3 is 5.32 Å². The summed E-state index contributed by atoms with van der Waals surface area (Å²) in [6, 6.07) is 3.63. The summed E-state index contributed by atoms with van der Waals surface area (Å²) in [5, 5.41) is 3.11. The van der Waals surface area contributed by atoms with E-state index >= 15 is 0 Å². The lowest BCUT2D eigenvalue weighted by Crippen LogP contribution is -2.14. The van der Waals surface area contributed by atoms with E-state index in [1.807, 2.05) is 13.0 Å². The van der Waals surface area contributed by atoms with E-state index in [4.69, 9.17) is 0 Å². The van der Waals surface area contributed by atoms with Crippen molar-refractivity contribution in [2.24, 2.45) is 0 Å². The molecule has 1 aromatic carbocycles. The normalized spacial score (nSPS) is 10.5. The minimum absolute atomic E-state index is 0.159. The van der Waals surface area contributed by atoms with Crippen LogP contribution in [-0.2, 0) is 6.54 Å². The van der Waals surface area contributed by atoms with Crippen LogP contribution in [0, 0.1) is 9.39 Å². The Morgan fingerprint density at radius 3 is 2.85 bits per heavy atom. The number of hydrogen-bond acceptors (Lipinski definition) is 1. The molecular formula is C9H10BrFIN. The van der Waals surface area contributed by atoms with Crippen LogP contribution in [0.2, 0.25) is 0 Å². The highest BCUT2D eigenvalue weighted by Gasteiger charge is 2.09. The summed E-state index contributed by atoms with van der Waals surface area (Å²) < 4.78 is 15.0. The van der Waals surface area contributed by atoms with Gasteiger partial charge in [-0.05, 0) is 57.2 Å². The maximum Gasteiger partial charge on any atom is 0.142 e. The summed E-state index contributed by atoms with van der Waals surface area (Å²) in [7, 11) is 0. The number of benzene rings is 1. The highest BCUT2D eigenvalue weighted by molar-refractivity contribution is 14.1. The lowest BCUT2D eigenvalue weighted by Gasteiger charge is -2.07. The van der Waals surface area contributed by atoms with Gasteiger partial charge in [-0.1, -0.05) is 6.92 Å². The zero-order chi connectivity index (χ0) is 9.84. The Morgan fingerprint density at radius 1 is 1.54 bits per heavy atom. The van der Waals surface area contributed by atoms with Crippen molar-refractivity contribution in [2.45, 2.75) is 13.5 Å². The Balaban J connectivity index is 2.96. The van der Waals surface area contributed by atoms with Crippen molar-refractivity contribution in [1.29, 1.82) is 0 Å². The van der Waals surface area contributed by atoms with Gasteiger partial charge in [-0.25, -0.2) is 4.39 Å². The van der Waals surface area contributed by atoms with E-state index in [0.29, 0.717) is 11.0 Å². The molecule has 0 spiro atoms. The van der Waals surface area contributed by atoms with Gasteiger partial charge in [-0.3, -0.25) is 0 Å². The molecule has 0 radical (unpaired) electrons. The van der Waals surface area contributed by atoms with Gasteiger partial charge in [-0.15, -0.1) is 0 Å². The monoisotopic (exact) mass is 357 g/mol. The molecule has 0 amide bonds. The summed E-state index contributed by atoms with van der Waals surface area (Å²) in [5.41, 5.74) is 0.733. The molecule has 0 heterocycles. The Labute approximate surface area is 99.4 Å². The Hall–Kier alpha value is 0.320. The molecule has 13 heavy (non-hydrogen) atoms. The Morgan fingerprint density at radius 2 is 2.23 bits per heavy atom. The SMILES string of the molecule is CCNCc1c(I)ccc(Br)c1F. The largest absolute Gasteiger partial charge is 0.313 e. The third-order valence-corrected chi connectivity index (χ3v) is 3.31. The zero-order valence-electron chi connectivity index (χ0n) is 7.20. The molecule has 0 aliphatic heterocycles. The van der Waals surface area contributed by atoms with E-state index in [2.05, 4.69) is 43.8 Å². The average Bonchev–Trinajstić information content (AvgIpc) is 2.12. The zero-order valence-corrected chi connectivity index (χ0v) is 10.9. The minimum Gasteiger partial charge on any atom is -0.313 e. The van der Waals surface area contributed by atoms with E-state index in [1.165, 1.54) is 0 Å². The average molecular weight is 358 g/mol. The minimum atomic E-state index is -0.159. The molecule has 1 N–H and O–H groups in total. The Kier molecular flexibility index (Phi) is 4.61. The van der Waals surface area contributed by atoms with Gasteiger partial charge in [0.1, 0.15) is 5.82 Å². The fourth-order valence-electron chi connectivity index (χ4n) is 0.981. The molecule has 0 unspecified atom stereocenters. The fourth-order valence-corrected chi connectivity index (χ4v) is 1.96. The van der Waals surface area contributed by atoms with Crippen molar-refractivity contribution >= 4 is 38.5 Å². The van der Waals surface area contributed by atoms with Crippen LogP contribution in [0.1, 0.15) is 12.5 Å². The molecule has 4 heteroatoms. The standard InChI is InChI=1S/C9H10BrFIN/c1-2-13-5-6-8(12)4-3-7(10)9(6)11/h3-4,13H,2,5H2,1H3. The van der Waals surface area contributed by atoms with Crippen LogP contribution >= 0.6 is 38.5 Å². The van der Waals surface area contributed by atoms with Gasteiger partial charge in [0.25, 0.3) is 0 Å². The molecule has 0 bridgehead atoms. The quantitative estimate of drug-likeness (QED) is 0.646. The molecular weight excluding hydrogens is 348 g/mol. The summed E-state index contributed by atoms with van der Waals surface area (Å²) in [5.74, 6) is -0.159. The van der Waals surface area contributed by atoms with Crippen molar-refractivity contribution in [2.75, 3.05) is 6.54 Å². The fraction of sp³-hybridized carbons (Fsp3) is 0.333. The van der Waals surface area contributed by atoms with Gasteiger partial charge in [0.05, 0.1) is 4.47 Å². The summed E-state index contributed by atoms with van der Waals surface area (Å²) in [6.45, 7) is 3.44. The third kappa shape index (κ3) is 2.89. The predicted molar refractivity (Wildman–Crippen MR) is 64.2 cm³/mol. The molecule has 1 rings (SSSR count). The smallest absolute Gasteiger partial charge is 0.142 e.